The van der Waals surface area contributed by atoms with E-state index >= 15 is 0 Å². The fraction of sp³-hybridized carbons (Fsp3) is 0.500. The van der Waals surface area contributed by atoms with Gasteiger partial charge in [0.25, 0.3) is 0 Å². The highest BCUT2D eigenvalue weighted by Gasteiger charge is 2.27. The Kier molecular flexibility index (Phi) is 8.37. The number of nitrogens with one attached hydrogen (secondary N) is 1. The van der Waals surface area contributed by atoms with Crippen molar-refractivity contribution in [2.45, 2.75) is 50.1 Å². The summed E-state index contributed by atoms with van der Waals surface area (Å²) in [5, 5.41) is 2.97. The van der Waals surface area contributed by atoms with Gasteiger partial charge in [-0.3, -0.25) is 14.6 Å². The molecule has 2 aliphatic rings. The van der Waals surface area contributed by atoms with Gasteiger partial charge in [-0.05, 0) is 62.6 Å². The van der Waals surface area contributed by atoms with Crippen LogP contribution in [-0.4, -0.2) is 73.7 Å². The van der Waals surface area contributed by atoms with Crippen LogP contribution in [0, 0.1) is 0 Å². The van der Waals surface area contributed by atoms with Gasteiger partial charge in [-0.2, -0.15) is 4.31 Å². The van der Waals surface area contributed by atoms with Crippen molar-refractivity contribution in [1.29, 1.82) is 0 Å². The first-order valence-corrected chi connectivity index (χ1v) is 13.8. The van der Waals surface area contributed by atoms with Gasteiger partial charge in [0.1, 0.15) is 0 Å². The number of anilines is 1. The van der Waals surface area contributed by atoms with Gasteiger partial charge in [0.15, 0.2) is 0 Å². The summed E-state index contributed by atoms with van der Waals surface area (Å²) in [5.41, 5.74) is 1.93. The van der Waals surface area contributed by atoms with E-state index in [1.165, 1.54) is 5.56 Å². The summed E-state index contributed by atoms with van der Waals surface area (Å²) < 4.78 is 27.2. The van der Waals surface area contributed by atoms with Crippen LogP contribution in [0.3, 0.4) is 0 Å². The Morgan fingerprint density at radius 2 is 1.56 bits per heavy atom. The van der Waals surface area contributed by atoms with E-state index in [1.54, 1.807) is 28.6 Å². The van der Waals surface area contributed by atoms with Gasteiger partial charge < -0.3 is 5.32 Å². The van der Waals surface area contributed by atoms with Crippen LogP contribution in [0.1, 0.15) is 38.2 Å². The first-order valence-electron chi connectivity index (χ1n) is 12.3. The average Bonchev–Trinajstić information content (AvgIpc) is 3.10. The molecule has 0 spiro atoms. The Bertz CT molecular complexity index is 1040. The maximum absolute atomic E-state index is 12.9. The Morgan fingerprint density at radius 3 is 2.26 bits per heavy atom. The third kappa shape index (κ3) is 6.24. The molecule has 1 unspecified atom stereocenters. The highest BCUT2D eigenvalue weighted by atomic mass is 32.2. The summed E-state index contributed by atoms with van der Waals surface area (Å²) in [7, 11) is -3.46. The Balaban J connectivity index is 1.30. The van der Waals surface area contributed by atoms with Gasteiger partial charge in [0.05, 0.1) is 10.9 Å². The summed E-state index contributed by atoms with van der Waals surface area (Å²) in [4.78, 5) is 17.9. The number of hydrogen-bond donors (Lipinski definition) is 1. The molecular weight excluding hydrogens is 448 g/mol. The highest BCUT2D eigenvalue weighted by Crippen LogP contribution is 2.22. The molecule has 7 nitrogen and oxygen atoms in total. The van der Waals surface area contributed by atoms with E-state index in [9.17, 15) is 13.2 Å². The van der Waals surface area contributed by atoms with E-state index in [2.05, 4.69) is 39.4 Å². The van der Waals surface area contributed by atoms with Crippen LogP contribution in [0.5, 0.6) is 0 Å². The van der Waals surface area contributed by atoms with Gasteiger partial charge in [-0.15, -0.1) is 0 Å². The lowest BCUT2D eigenvalue weighted by molar-refractivity contribution is -0.120. The molecule has 2 aliphatic heterocycles. The average molecular weight is 485 g/mol. The fourth-order valence-corrected chi connectivity index (χ4v) is 6.27. The van der Waals surface area contributed by atoms with Crippen LogP contribution >= 0.6 is 0 Å². The summed E-state index contributed by atoms with van der Waals surface area (Å²) in [6, 6.07) is 16.8. The SMILES string of the molecule is CC(C(=O)Nc1ccc(S(=O)(=O)N2CCCCC2)cc1)N1CCCN(Cc2ccccc2)CC1. The molecule has 8 heteroatoms. The maximum atomic E-state index is 12.9. The second-order valence-corrected chi connectivity index (χ2v) is 11.2. The zero-order valence-electron chi connectivity index (χ0n) is 20.0. The lowest BCUT2D eigenvalue weighted by Crippen LogP contribution is -2.43. The second kappa shape index (κ2) is 11.4. The molecule has 1 amide bonds. The monoisotopic (exact) mass is 484 g/mol. The summed E-state index contributed by atoms with van der Waals surface area (Å²) in [6.07, 6.45) is 3.92. The molecule has 34 heavy (non-hydrogen) atoms. The summed E-state index contributed by atoms with van der Waals surface area (Å²) >= 11 is 0. The second-order valence-electron chi connectivity index (χ2n) is 9.31. The number of hydrogen-bond acceptors (Lipinski definition) is 5. The molecule has 2 fully saturated rings. The van der Waals surface area contributed by atoms with Gasteiger partial charge in [-0.25, -0.2) is 8.42 Å². The molecular formula is C26H36N4O3S. The van der Waals surface area contributed by atoms with Crippen molar-refractivity contribution in [3.8, 4) is 0 Å². The smallest absolute Gasteiger partial charge is 0.243 e. The van der Waals surface area contributed by atoms with E-state index in [1.807, 2.05) is 13.0 Å². The molecule has 0 bridgehead atoms. The predicted molar refractivity (Wildman–Crippen MR) is 135 cm³/mol. The number of carbonyl (C=O) groups is 1. The third-order valence-electron chi connectivity index (χ3n) is 6.87. The number of amides is 1. The zero-order valence-corrected chi connectivity index (χ0v) is 20.8. The van der Waals surface area contributed by atoms with Crippen LogP contribution in [-0.2, 0) is 21.4 Å². The van der Waals surface area contributed by atoms with Crippen molar-refractivity contribution < 1.29 is 13.2 Å². The quantitative estimate of drug-likeness (QED) is 0.652. The number of rotatable bonds is 7. The minimum absolute atomic E-state index is 0.0665. The molecule has 2 aromatic rings. The van der Waals surface area contributed by atoms with E-state index in [-0.39, 0.29) is 16.8 Å². The molecule has 184 valence electrons. The Morgan fingerprint density at radius 1 is 0.853 bits per heavy atom. The number of sulfonamides is 1. The third-order valence-corrected chi connectivity index (χ3v) is 8.79. The highest BCUT2D eigenvalue weighted by molar-refractivity contribution is 7.89. The largest absolute Gasteiger partial charge is 0.325 e. The van der Waals surface area contributed by atoms with E-state index < -0.39 is 10.0 Å². The molecule has 0 saturated carbocycles. The maximum Gasteiger partial charge on any atom is 0.243 e. The molecule has 2 heterocycles. The molecule has 2 saturated heterocycles. The molecule has 0 radical (unpaired) electrons. The summed E-state index contributed by atoms with van der Waals surface area (Å²) in [5.74, 6) is -0.0665. The van der Waals surface area contributed by atoms with Crippen LogP contribution in [0.4, 0.5) is 5.69 Å². The normalized spacial score (nSPS) is 19.9. The van der Waals surface area contributed by atoms with E-state index in [4.69, 9.17) is 0 Å². The summed E-state index contributed by atoms with van der Waals surface area (Å²) in [6.45, 7) is 7.71. The molecule has 2 aromatic carbocycles. The minimum Gasteiger partial charge on any atom is -0.325 e. The lowest BCUT2D eigenvalue weighted by Gasteiger charge is -2.27. The number of nitrogens with zero attached hydrogens (tertiary/aromatic N) is 3. The van der Waals surface area contributed by atoms with Gasteiger partial charge in [0.2, 0.25) is 15.9 Å². The van der Waals surface area contributed by atoms with E-state index in [0.717, 1.165) is 58.4 Å². The fourth-order valence-electron chi connectivity index (χ4n) is 4.75. The van der Waals surface area contributed by atoms with Crippen LogP contribution in [0.2, 0.25) is 0 Å². The zero-order chi connectivity index (χ0) is 24.0. The van der Waals surface area contributed by atoms with Gasteiger partial charge in [0, 0.05) is 45.0 Å². The van der Waals surface area contributed by atoms with Crippen molar-refractivity contribution in [3.05, 3.63) is 60.2 Å². The standard InChI is InChI=1S/C26H36N4O3S/c1-22(29-16-8-15-28(19-20-29)21-23-9-4-2-5-10-23)26(31)27-24-11-13-25(14-12-24)34(32,33)30-17-6-3-7-18-30/h2,4-5,9-14,22H,3,6-8,15-21H2,1H3,(H,27,31). The van der Waals surface area contributed by atoms with Crippen molar-refractivity contribution in [3.63, 3.8) is 0 Å². The molecule has 1 atom stereocenters. The first-order chi connectivity index (χ1) is 16.4. The molecule has 1 N–H and O–H groups in total. The van der Waals surface area contributed by atoms with E-state index in [0.29, 0.717) is 18.8 Å². The minimum atomic E-state index is -3.46. The molecule has 4 rings (SSSR count). The van der Waals surface area contributed by atoms with Crippen LogP contribution < -0.4 is 5.32 Å². The van der Waals surface area contributed by atoms with Crippen molar-refractivity contribution in [1.82, 2.24) is 14.1 Å². The topological polar surface area (TPSA) is 73.0 Å². The van der Waals surface area contributed by atoms with Crippen LogP contribution in [0.25, 0.3) is 0 Å². The van der Waals surface area contributed by atoms with Gasteiger partial charge >= 0.3 is 0 Å². The van der Waals surface area contributed by atoms with Crippen LogP contribution in [0.15, 0.2) is 59.5 Å². The molecule has 0 aliphatic carbocycles. The number of carbonyl (C=O) groups excluding carboxylic acids is 1. The Hall–Kier alpha value is -2.26. The lowest BCUT2D eigenvalue weighted by atomic mass is 10.2. The number of piperidine rings is 1. The molecule has 0 aromatic heterocycles. The van der Waals surface area contributed by atoms with Crippen molar-refractivity contribution in [2.75, 3.05) is 44.6 Å². The van der Waals surface area contributed by atoms with Crippen molar-refractivity contribution in [2.24, 2.45) is 0 Å². The predicted octanol–water partition coefficient (Wildman–Crippen LogP) is 3.40. The Labute approximate surface area is 203 Å². The number of benzene rings is 2. The first kappa shape index (κ1) is 24.9. The van der Waals surface area contributed by atoms with Crippen molar-refractivity contribution >= 4 is 21.6 Å². The van der Waals surface area contributed by atoms with Gasteiger partial charge in [-0.1, -0.05) is 36.8 Å².